The molecule has 0 amide bonds. The number of likely N-dealkylation sites (N-methyl/N-ethyl adjacent to an activating group) is 1. The molecule has 0 unspecified atom stereocenters. The van der Waals surface area contributed by atoms with E-state index in [9.17, 15) is 0 Å². The van der Waals surface area contributed by atoms with E-state index in [1.807, 2.05) is 31.0 Å². The van der Waals surface area contributed by atoms with E-state index < -0.39 is 0 Å². The lowest BCUT2D eigenvalue weighted by molar-refractivity contribution is 0.283. The van der Waals surface area contributed by atoms with E-state index in [-0.39, 0.29) is 6.04 Å². The number of aromatic amines is 1. The molecule has 1 atom stereocenters. The summed E-state index contributed by atoms with van der Waals surface area (Å²) < 4.78 is 5.85. The van der Waals surface area contributed by atoms with Gasteiger partial charge < -0.3 is 15.4 Å². The van der Waals surface area contributed by atoms with Crippen LogP contribution >= 0.6 is 0 Å². The van der Waals surface area contributed by atoms with Crippen molar-refractivity contribution in [1.82, 2.24) is 25.1 Å². The number of rotatable bonds is 1. The van der Waals surface area contributed by atoms with Crippen molar-refractivity contribution < 1.29 is 4.74 Å². The van der Waals surface area contributed by atoms with Gasteiger partial charge in [0.1, 0.15) is 29.5 Å². The highest BCUT2D eigenvalue weighted by molar-refractivity contribution is 5.92. The maximum absolute atomic E-state index is 6.02. The number of nitrogen functional groups attached to an aromatic ring is 1. The van der Waals surface area contributed by atoms with Crippen LogP contribution in [0.25, 0.3) is 11.0 Å². The highest BCUT2D eigenvalue weighted by Gasteiger charge is 2.30. The second-order valence-corrected chi connectivity index (χ2v) is 5.26. The molecule has 0 bridgehead atoms. The number of nitrogens with two attached hydrogens (primary N) is 1. The van der Waals surface area contributed by atoms with E-state index >= 15 is 0 Å². The van der Waals surface area contributed by atoms with Crippen molar-refractivity contribution in [3.05, 3.63) is 29.7 Å². The summed E-state index contributed by atoms with van der Waals surface area (Å²) in [6.45, 7) is 2.26. The second kappa shape index (κ2) is 4.55. The third-order valence-electron chi connectivity index (χ3n) is 3.89. The molecular formula is C14H15N7O. The third kappa shape index (κ3) is 1.77. The molecule has 22 heavy (non-hydrogen) atoms. The molecule has 0 fully saturated rings. The Hall–Kier alpha value is -2.90. The Morgan fingerprint density at radius 2 is 2.27 bits per heavy atom. The molecule has 0 saturated heterocycles. The molecule has 1 aliphatic rings. The van der Waals surface area contributed by atoms with Crippen LogP contribution in [0.2, 0.25) is 0 Å². The first-order valence-electron chi connectivity index (χ1n) is 6.94. The minimum absolute atomic E-state index is 0.0969. The summed E-state index contributed by atoms with van der Waals surface area (Å²) in [5.74, 6) is 2.45. The minimum Gasteiger partial charge on any atom is -0.473 e. The monoisotopic (exact) mass is 297 g/mol. The van der Waals surface area contributed by atoms with Gasteiger partial charge in [-0.2, -0.15) is 0 Å². The van der Waals surface area contributed by atoms with Crippen LogP contribution in [0.15, 0.2) is 18.3 Å². The number of anilines is 2. The summed E-state index contributed by atoms with van der Waals surface area (Å²) in [6, 6.07) is 3.72. The molecule has 8 nitrogen and oxygen atoms in total. The number of H-pyrrole nitrogens is 1. The van der Waals surface area contributed by atoms with Crippen molar-refractivity contribution in [3.63, 3.8) is 0 Å². The summed E-state index contributed by atoms with van der Waals surface area (Å²) >= 11 is 0. The van der Waals surface area contributed by atoms with Gasteiger partial charge in [0.15, 0.2) is 5.65 Å². The number of pyridine rings is 1. The van der Waals surface area contributed by atoms with Crippen LogP contribution in [0.5, 0.6) is 5.88 Å². The van der Waals surface area contributed by atoms with Gasteiger partial charge in [-0.15, -0.1) is 5.10 Å². The van der Waals surface area contributed by atoms with Crippen molar-refractivity contribution in [3.8, 4) is 5.88 Å². The first-order chi connectivity index (χ1) is 10.6. The molecule has 3 aromatic heterocycles. The van der Waals surface area contributed by atoms with Gasteiger partial charge in [0.2, 0.25) is 5.88 Å². The van der Waals surface area contributed by atoms with Crippen LogP contribution in [-0.2, 0) is 0 Å². The molecule has 4 rings (SSSR count). The van der Waals surface area contributed by atoms with E-state index in [4.69, 9.17) is 10.5 Å². The van der Waals surface area contributed by atoms with E-state index in [1.165, 1.54) is 0 Å². The lowest BCUT2D eigenvalue weighted by Crippen LogP contribution is -2.29. The lowest BCUT2D eigenvalue weighted by Gasteiger charge is -2.27. The number of aryl methyl sites for hydroxylation is 1. The molecule has 8 heteroatoms. The second-order valence-electron chi connectivity index (χ2n) is 5.26. The number of ether oxygens (including phenoxy) is 1. The fourth-order valence-electron chi connectivity index (χ4n) is 2.78. The first kappa shape index (κ1) is 12.8. The zero-order valence-electron chi connectivity index (χ0n) is 12.2. The molecule has 1 aliphatic heterocycles. The predicted octanol–water partition coefficient (Wildman–Crippen LogP) is 1.21. The Kier molecular flexibility index (Phi) is 2.65. The van der Waals surface area contributed by atoms with Crippen LogP contribution in [0.4, 0.5) is 11.6 Å². The zero-order valence-corrected chi connectivity index (χ0v) is 12.2. The summed E-state index contributed by atoms with van der Waals surface area (Å²) in [6.07, 6.45) is 1.68. The fourth-order valence-corrected chi connectivity index (χ4v) is 2.78. The average Bonchev–Trinajstić information content (AvgIpc) is 2.84. The molecule has 0 radical (unpaired) electrons. The molecule has 112 valence electrons. The fraction of sp³-hybridized carbons (Fsp3) is 0.286. The lowest BCUT2D eigenvalue weighted by atomic mass is 10.1. The Morgan fingerprint density at radius 1 is 1.41 bits per heavy atom. The summed E-state index contributed by atoms with van der Waals surface area (Å²) in [5, 5.41) is 7.86. The number of nitrogens with zero attached hydrogens (tertiary/aromatic N) is 5. The Bertz CT molecular complexity index is 860. The van der Waals surface area contributed by atoms with Crippen LogP contribution in [0, 0.1) is 6.92 Å². The van der Waals surface area contributed by atoms with Gasteiger partial charge in [0.25, 0.3) is 0 Å². The van der Waals surface area contributed by atoms with Crippen molar-refractivity contribution in [2.75, 3.05) is 24.3 Å². The average molecular weight is 297 g/mol. The Labute approximate surface area is 126 Å². The predicted molar refractivity (Wildman–Crippen MR) is 81.7 cm³/mol. The van der Waals surface area contributed by atoms with Crippen LogP contribution < -0.4 is 15.4 Å². The summed E-state index contributed by atoms with van der Waals surface area (Å²) in [7, 11) is 1.96. The highest BCUT2D eigenvalue weighted by Crippen LogP contribution is 2.38. The molecule has 4 heterocycles. The number of hydrogen-bond acceptors (Lipinski definition) is 7. The molecular weight excluding hydrogens is 282 g/mol. The van der Waals surface area contributed by atoms with Gasteiger partial charge in [-0.3, -0.25) is 5.10 Å². The molecule has 3 N–H and O–H groups in total. The van der Waals surface area contributed by atoms with Crippen molar-refractivity contribution in [2.45, 2.75) is 13.0 Å². The maximum Gasteiger partial charge on any atom is 0.246 e. The molecule has 0 spiro atoms. The van der Waals surface area contributed by atoms with E-state index in [0.29, 0.717) is 29.8 Å². The van der Waals surface area contributed by atoms with Crippen LogP contribution in [0.1, 0.15) is 17.4 Å². The summed E-state index contributed by atoms with van der Waals surface area (Å²) in [4.78, 5) is 15.1. The topological polar surface area (TPSA) is 106 Å². The quantitative estimate of drug-likeness (QED) is 0.695. The van der Waals surface area contributed by atoms with Gasteiger partial charge in [-0.05, 0) is 13.0 Å². The number of aromatic nitrogens is 5. The third-order valence-corrected chi connectivity index (χ3v) is 3.89. The minimum atomic E-state index is -0.0969. The van der Waals surface area contributed by atoms with E-state index in [1.54, 1.807) is 6.20 Å². The van der Waals surface area contributed by atoms with Crippen LogP contribution in [0.3, 0.4) is 0 Å². The van der Waals surface area contributed by atoms with Crippen molar-refractivity contribution in [2.24, 2.45) is 0 Å². The largest absolute Gasteiger partial charge is 0.473 e. The first-order valence-corrected chi connectivity index (χ1v) is 6.94. The van der Waals surface area contributed by atoms with E-state index in [2.05, 4.69) is 25.1 Å². The summed E-state index contributed by atoms with van der Waals surface area (Å²) in [5.41, 5.74) is 7.60. The van der Waals surface area contributed by atoms with Gasteiger partial charge >= 0.3 is 0 Å². The Balaban J connectivity index is 1.90. The van der Waals surface area contributed by atoms with E-state index in [0.717, 1.165) is 16.8 Å². The van der Waals surface area contributed by atoms with Crippen molar-refractivity contribution in [1.29, 1.82) is 0 Å². The molecule has 0 aromatic carbocycles. The molecule has 0 aliphatic carbocycles. The highest BCUT2D eigenvalue weighted by atomic mass is 16.5. The maximum atomic E-state index is 6.02. The molecule has 0 saturated carbocycles. The number of nitrogens with one attached hydrogen (secondary N) is 1. The molecule has 3 aromatic rings. The van der Waals surface area contributed by atoms with Gasteiger partial charge in [-0.25, -0.2) is 15.0 Å². The normalized spacial score (nSPS) is 17.4. The SMILES string of the molecule is Cc1nc2c3c(n[nH]c3n1)OC[C@@H](c1cccnc1N)N2C. The number of hydrogen-bond donors (Lipinski definition) is 2. The van der Waals surface area contributed by atoms with Crippen molar-refractivity contribution >= 4 is 22.7 Å². The van der Waals surface area contributed by atoms with Gasteiger partial charge in [0, 0.05) is 18.8 Å². The zero-order chi connectivity index (χ0) is 15.3. The van der Waals surface area contributed by atoms with Gasteiger partial charge in [0.05, 0.1) is 6.04 Å². The van der Waals surface area contributed by atoms with Crippen LogP contribution in [-0.4, -0.2) is 38.8 Å². The standard InChI is InChI=1S/C14H15N7O/c1-7-17-12-10-13(18-7)21(2)9(6-22-14(10)20-19-12)8-4-3-5-16-11(8)15/h3-5,9H,6H2,1-2H3,(H2,15,16)(H,17,18,19,20)/t9-/m0/s1. The van der Waals surface area contributed by atoms with Gasteiger partial charge in [-0.1, -0.05) is 6.07 Å². The smallest absolute Gasteiger partial charge is 0.246 e. The Morgan fingerprint density at radius 3 is 3.09 bits per heavy atom.